The van der Waals surface area contributed by atoms with Gasteiger partial charge in [-0.2, -0.15) is 0 Å². The smallest absolute Gasteiger partial charge is 0.239 e. The summed E-state index contributed by atoms with van der Waals surface area (Å²) in [5, 5.41) is 8.72. The van der Waals surface area contributed by atoms with E-state index in [1.54, 1.807) is 18.4 Å². The van der Waals surface area contributed by atoms with Crippen molar-refractivity contribution in [3.63, 3.8) is 0 Å². The Balaban J connectivity index is 1.43. The van der Waals surface area contributed by atoms with Gasteiger partial charge in [-0.25, -0.2) is 0 Å². The lowest BCUT2D eigenvalue weighted by Crippen LogP contribution is -2.42. The first-order valence-electron chi connectivity index (χ1n) is 12.7. The van der Waals surface area contributed by atoms with E-state index in [-0.39, 0.29) is 29.7 Å². The van der Waals surface area contributed by atoms with E-state index < -0.39 is 0 Å². The molecule has 7 heteroatoms. The normalized spacial score (nSPS) is 18.4. The monoisotopic (exact) mass is 515 g/mol. The number of rotatable bonds is 7. The van der Waals surface area contributed by atoms with Gasteiger partial charge < -0.3 is 20.3 Å². The largest absolute Gasteiger partial charge is 0.497 e. The summed E-state index contributed by atoms with van der Waals surface area (Å²) in [6, 6.07) is 19.7. The molecule has 2 N–H and O–H groups in total. The molecule has 0 saturated heterocycles. The van der Waals surface area contributed by atoms with Crippen LogP contribution in [0.4, 0.5) is 11.4 Å². The number of Topliss-reactive ketones (excluding diaryl/α,β-unsaturated/α-hetero) is 1. The summed E-state index contributed by atoms with van der Waals surface area (Å²) in [5.41, 5.74) is 4.61. The zero-order chi connectivity index (χ0) is 26.0. The highest BCUT2D eigenvalue weighted by Gasteiger charge is 2.42. The van der Waals surface area contributed by atoms with E-state index in [0.29, 0.717) is 13.0 Å². The Labute approximate surface area is 222 Å². The number of fused-ring (bicyclic) bond motifs is 1. The van der Waals surface area contributed by atoms with Crippen molar-refractivity contribution in [3.8, 4) is 5.75 Å². The molecule has 1 aliphatic carbocycles. The molecule has 2 heterocycles. The summed E-state index contributed by atoms with van der Waals surface area (Å²) >= 11 is 1.62. The molecule has 0 spiro atoms. The summed E-state index contributed by atoms with van der Waals surface area (Å²) in [6.45, 7) is 4.96. The van der Waals surface area contributed by atoms with Crippen molar-refractivity contribution in [1.82, 2.24) is 5.32 Å². The van der Waals surface area contributed by atoms with Gasteiger partial charge >= 0.3 is 0 Å². The van der Waals surface area contributed by atoms with Gasteiger partial charge in [0.2, 0.25) is 5.91 Å². The van der Waals surface area contributed by atoms with Crippen LogP contribution in [0.3, 0.4) is 0 Å². The second-order valence-electron chi connectivity index (χ2n) is 10.5. The third-order valence-electron chi connectivity index (χ3n) is 7.03. The quantitative estimate of drug-likeness (QED) is 0.420. The van der Waals surface area contributed by atoms with Crippen molar-refractivity contribution >= 4 is 34.4 Å². The van der Waals surface area contributed by atoms with Crippen molar-refractivity contribution < 1.29 is 14.3 Å². The molecule has 1 aliphatic heterocycles. The van der Waals surface area contributed by atoms with E-state index >= 15 is 0 Å². The number of ether oxygens (including phenoxy) is 1. The number of hydrogen-bond donors (Lipinski definition) is 2. The van der Waals surface area contributed by atoms with Crippen LogP contribution in [-0.4, -0.2) is 31.9 Å². The van der Waals surface area contributed by atoms with Crippen LogP contribution in [0.2, 0.25) is 0 Å². The first-order valence-corrected chi connectivity index (χ1v) is 13.5. The molecule has 2 aromatic carbocycles. The van der Waals surface area contributed by atoms with E-state index in [1.807, 2.05) is 60.0 Å². The van der Waals surface area contributed by atoms with Gasteiger partial charge in [-0.15, -0.1) is 11.3 Å². The number of benzene rings is 2. The molecule has 2 aliphatic rings. The number of amides is 1. The van der Waals surface area contributed by atoms with Crippen LogP contribution in [0.15, 0.2) is 77.3 Å². The average Bonchev–Trinajstić information content (AvgIpc) is 3.36. The summed E-state index contributed by atoms with van der Waals surface area (Å²) in [5.74, 6) is 0.891. The number of anilines is 2. The fourth-order valence-electron chi connectivity index (χ4n) is 5.32. The molecule has 1 atom stereocenters. The zero-order valence-corrected chi connectivity index (χ0v) is 22.4. The molecule has 0 bridgehead atoms. The van der Waals surface area contributed by atoms with Crippen molar-refractivity contribution in [2.75, 3.05) is 30.4 Å². The Morgan fingerprint density at radius 2 is 1.89 bits per heavy atom. The van der Waals surface area contributed by atoms with Gasteiger partial charge in [0.1, 0.15) is 5.75 Å². The molecule has 5 rings (SSSR count). The van der Waals surface area contributed by atoms with Gasteiger partial charge in [0.15, 0.2) is 5.78 Å². The van der Waals surface area contributed by atoms with Gasteiger partial charge in [0, 0.05) is 29.1 Å². The maximum atomic E-state index is 13.6. The van der Waals surface area contributed by atoms with Crippen LogP contribution in [0.25, 0.3) is 0 Å². The number of thiophene rings is 1. The van der Waals surface area contributed by atoms with Crippen LogP contribution in [0.5, 0.6) is 5.75 Å². The van der Waals surface area contributed by atoms with Gasteiger partial charge in [-0.1, -0.05) is 44.2 Å². The molecule has 1 unspecified atom stereocenters. The summed E-state index contributed by atoms with van der Waals surface area (Å²) < 4.78 is 5.23. The Hall–Kier alpha value is -3.58. The molecular weight excluding hydrogens is 482 g/mol. The number of nitrogens with one attached hydrogen (secondary N) is 2. The van der Waals surface area contributed by atoms with Gasteiger partial charge in [-0.05, 0) is 59.5 Å². The van der Waals surface area contributed by atoms with Crippen LogP contribution < -0.4 is 20.3 Å². The van der Waals surface area contributed by atoms with E-state index in [2.05, 4.69) is 35.4 Å². The second kappa shape index (κ2) is 10.4. The fraction of sp³-hybridized carbons (Fsp3) is 0.333. The van der Waals surface area contributed by atoms with Gasteiger partial charge in [-0.3, -0.25) is 9.59 Å². The maximum absolute atomic E-state index is 13.6. The van der Waals surface area contributed by atoms with Gasteiger partial charge in [0.25, 0.3) is 0 Å². The van der Waals surface area contributed by atoms with Crippen molar-refractivity contribution in [2.24, 2.45) is 5.41 Å². The standard InChI is InChI=1S/C30H33N3O3S/c1-30(2)17-23-28(25(34)18-30)29(26-9-6-16-37-26)33(24-8-5-4-7-22(24)32-23)19-27(35)31-15-14-20-10-12-21(36-3)13-11-20/h4-13,16,29,32H,14-15,17-19H2,1-3H3,(H,31,35). The number of carbonyl (C=O) groups excluding carboxylic acids is 2. The topological polar surface area (TPSA) is 70.7 Å². The third kappa shape index (κ3) is 5.42. The highest BCUT2D eigenvalue weighted by atomic mass is 32.1. The number of ketones is 1. The molecule has 0 fully saturated rings. The first kappa shape index (κ1) is 25.1. The number of hydrogen-bond acceptors (Lipinski definition) is 6. The van der Waals surface area contributed by atoms with E-state index in [0.717, 1.165) is 51.7 Å². The number of methoxy groups -OCH3 is 1. The summed E-state index contributed by atoms with van der Waals surface area (Å²) in [6.07, 6.45) is 2.00. The Morgan fingerprint density at radius 1 is 1.11 bits per heavy atom. The Kier molecular flexibility index (Phi) is 7.07. The lowest BCUT2D eigenvalue weighted by atomic mass is 9.74. The van der Waals surface area contributed by atoms with E-state index in [4.69, 9.17) is 4.74 Å². The summed E-state index contributed by atoms with van der Waals surface area (Å²) in [4.78, 5) is 30.1. The number of para-hydroxylation sites is 2. The van der Waals surface area contributed by atoms with Crippen molar-refractivity contribution in [3.05, 3.63) is 87.8 Å². The molecular formula is C30H33N3O3S. The van der Waals surface area contributed by atoms with E-state index in [9.17, 15) is 9.59 Å². The minimum Gasteiger partial charge on any atom is -0.497 e. The molecule has 6 nitrogen and oxygen atoms in total. The van der Waals surface area contributed by atoms with E-state index in [1.165, 1.54) is 0 Å². The van der Waals surface area contributed by atoms with Crippen LogP contribution >= 0.6 is 11.3 Å². The second-order valence-corrected chi connectivity index (χ2v) is 11.4. The highest BCUT2D eigenvalue weighted by molar-refractivity contribution is 7.10. The minimum absolute atomic E-state index is 0.0718. The number of nitrogens with zero attached hydrogens (tertiary/aromatic N) is 1. The van der Waals surface area contributed by atoms with Crippen molar-refractivity contribution in [2.45, 2.75) is 39.2 Å². The lowest BCUT2D eigenvalue weighted by molar-refractivity contribution is -0.120. The molecule has 0 saturated carbocycles. The summed E-state index contributed by atoms with van der Waals surface area (Å²) in [7, 11) is 1.65. The minimum atomic E-state index is -0.318. The van der Waals surface area contributed by atoms with Crippen molar-refractivity contribution in [1.29, 1.82) is 0 Å². The predicted octanol–water partition coefficient (Wildman–Crippen LogP) is 5.73. The Bertz CT molecular complexity index is 1310. The predicted molar refractivity (Wildman–Crippen MR) is 149 cm³/mol. The molecule has 0 radical (unpaired) electrons. The van der Waals surface area contributed by atoms with Gasteiger partial charge in [0.05, 0.1) is 31.1 Å². The SMILES string of the molecule is COc1ccc(CCNC(=O)CN2c3ccccc3NC3=C(C(=O)CC(C)(C)C3)C2c2cccs2)cc1. The van der Waals surface area contributed by atoms with Crippen LogP contribution in [0, 0.1) is 5.41 Å². The third-order valence-corrected chi connectivity index (χ3v) is 7.95. The zero-order valence-electron chi connectivity index (χ0n) is 21.5. The molecule has 1 amide bonds. The number of allylic oxidation sites excluding steroid dienone is 1. The lowest BCUT2D eigenvalue weighted by Gasteiger charge is -2.37. The average molecular weight is 516 g/mol. The molecule has 3 aromatic rings. The van der Waals surface area contributed by atoms with Crippen LogP contribution in [0.1, 0.15) is 43.2 Å². The maximum Gasteiger partial charge on any atom is 0.239 e. The molecule has 1 aromatic heterocycles. The first-order chi connectivity index (χ1) is 17.8. The van der Waals surface area contributed by atoms with Crippen LogP contribution in [-0.2, 0) is 16.0 Å². The molecule has 192 valence electrons. The fourth-order valence-corrected chi connectivity index (χ4v) is 6.16. The highest BCUT2D eigenvalue weighted by Crippen LogP contribution is 2.48. The Morgan fingerprint density at radius 3 is 2.62 bits per heavy atom. The number of carbonyl (C=O) groups is 2. The molecule has 37 heavy (non-hydrogen) atoms.